The van der Waals surface area contributed by atoms with Gasteiger partial charge in [-0.2, -0.15) is 4.31 Å². The lowest BCUT2D eigenvalue weighted by Gasteiger charge is -2.34. The summed E-state index contributed by atoms with van der Waals surface area (Å²) in [6, 6.07) is 10.3. The van der Waals surface area contributed by atoms with Crippen molar-refractivity contribution in [3.8, 4) is 0 Å². The molecule has 146 valence electrons. The lowest BCUT2D eigenvalue weighted by molar-refractivity contribution is 0.0954. The summed E-state index contributed by atoms with van der Waals surface area (Å²) < 4.78 is 27.4. The third kappa shape index (κ3) is 4.97. The second-order valence-corrected chi connectivity index (χ2v) is 10.3. The fraction of sp³-hybridized carbons (Fsp3) is 0.450. The number of thiophene rings is 1. The molecule has 0 bridgehead atoms. The van der Waals surface area contributed by atoms with Crippen molar-refractivity contribution in [3.63, 3.8) is 0 Å². The summed E-state index contributed by atoms with van der Waals surface area (Å²) in [5.41, 5.74) is 0.473. The first-order valence-electron chi connectivity index (χ1n) is 9.27. The number of rotatable bonds is 6. The van der Waals surface area contributed by atoms with Crippen molar-refractivity contribution in [1.29, 1.82) is 0 Å². The summed E-state index contributed by atoms with van der Waals surface area (Å²) in [4.78, 5) is 13.7. The Kier molecular flexibility index (Phi) is 6.34. The Hall–Kier alpha value is -1.70. The van der Waals surface area contributed by atoms with Crippen molar-refractivity contribution in [2.45, 2.75) is 31.6 Å². The van der Waals surface area contributed by atoms with E-state index in [1.165, 1.54) is 17.0 Å². The highest BCUT2D eigenvalue weighted by Crippen LogP contribution is 2.26. The molecule has 1 fully saturated rings. The SMILES string of the molecule is CC1CC(C)CN(S(=O)(=O)c2ccc(C(=O)NCCc3cccs3)cc2)C1. The van der Waals surface area contributed by atoms with Crippen LogP contribution in [0.15, 0.2) is 46.7 Å². The second kappa shape index (κ2) is 8.54. The summed E-state index contributed by atoms with van der Waals surface area (Å²) >= 11 is 1.67. The van der Waals surface area contributed by atoms with Crippen molar-refractivity contribution in [2.75, 3.05) is 19.6 Å². The smallest absolute Gasteiger partial charge is 0.251 e. The van der Waals surface area contributed by atoms with Gasteiger partial charge in [0.1, 0.15) is 0 Å². The standard InChI is InChI=1S/C20H26N2O3S2/c1-15-12-16(2)14-22(13-15)27(24,25)19-7-5-17(6-8-19)20(23)21-10-9-18-4-3-11-26-18/h3-8,11,15-16H,9-10,12-14H2,1-2H3,(H,21,23). The molecule has 1 aliphatic heterocycles. The van der Waals surface area contributed by atoms with E-state index in [1.54, 1.807) is 27.8 Å². The van der Waals surface area contributed by atoms with E-state index in [9.17, 15) is 13.2 Å². The van der Waals surface area contributed by atoms with Gasteiger partial charge in [0.05, 0.1) is 4.90 Å². The summed E-state index contributed by atoms with van der Waals surface area (Å²) in [5, 5.41) is 4.89. The highest BCUT2D eigenvalue weighted by molar-refractivity contribution is 7.89. The van der Waals surface area contributed by atoms with Gasteiger partial charge in [-0.15, -0.1) is 11.3 Å². The number of carbonyl (C=O) groups is 1. The Morgan fingerprint density at radius 1 is 1.15 bits per heavy atom. The van der Waals surface area contributed by atoms with E-state index in [0.717, 1.165) is 12.8 Å². The Bertz CT molecular complexity index is 851. The zero-order valence-corrected chi connectivity index (χ0v) is 17.4. The van der Waals surface area contributed by atoms with Crippen LogP contribution in [0.2, 0.25) is 0 Å². The maximum Gasteiger partial charge on any atom is 0.251 e. The summed E-state index contributed by atoms with van der Waals surface area (Å²) in [7, 11) is -3.51. The van der Waals surface area contributed by atoms with E-state index in [1.807, 2.05) is 17.5 Å². The van der Waals surface area contributed by atoms with Crippen LogP contribution >= 0.6 is 11.3 Å². The molecule has 2 heterocycles. The molecule has 1 aromatic heterocycles. The maximum absolute atomic E-state index is 12.9. The van der Waals surface area contributed by atoms with Gasteiger partial charge in [-0.1, -0.05) is 19.9 Å². The van der Waals surface area contributed by atoms with Crippen LogP contribution in [0.25, 0.3) is 0 Å². The predicted octanol–water partition coefficient (Wildman–Crippen LogP) is 3.39. The van der Waals surface area contributed by atoms with E-state index in [4.69, 9.17) is 0 Å². The molecule has 2 unspecified atom stereocenters. The molecule has 2 aromatic rings. The van der Waals surface area contributed by atoms with Gasteiger partial charge in [0.15, 0.2) is 0 Å². The first-order chi connectivity index (χ1) is 12.9. The molecule has 1 N–H and O–H groups in total. The molecule has 3 rings (SSSR count). The van der Waals surface area contributed by atoms with E-state index < -0.39 is 10.0 Å². The van der Waals surface area contributed by atoms with Crippen LogP contribution in [0.4, 0.5) is 0 Å². The average molecular weight is 407 g/mol. The summed E-state index contributed by atoms with van der Waals surface area (Å²) in [6.45, 7) is 5.84. The monoisotopic (exact) mass is 406 g/mol. The summed E-state index contributed by atoms with van der Waals surface area (Å²) in [6.07, 6.45) is 1.85. The zero-order chi connectivity index (χ0) is 19.4. The first-order valence-corrected chi connectivity index (χ1v) is 11.6. The van der Waals surface area contributed by atoms with Gasteiger partial charge in [0.2, 0.25) is 10.0 Å². The molecule has 2 atom stereocenters. The van der Waals surface area contributed by atoms with E-state index in [0.29, 0.717) is 37.0 Å². The lowest BCUT2D eigenvalue weighted by Crippen LogP contribution is -2.42. The van der Waals surface area contributed by atoms with E-state index >= 15 is 0 Å². The van der Waals surface area contributed by atoms with Gasteiger partial charge in [-0.3, -0.25) is 4.79 Å². The number of nitrogens with zero attached hydrogens (tertiary/aromatic N) is 1. The second-order valence-electron chi connectivity index (χ2n) is 7.38. The van der Waals surface area contributed by atoms with Gasteiger partial charge in [0, 0.05) is 30.1 Å². The Morgan fingerprint density at radius 3 is 2.41 bits per heavy atom. The Labute approximate surface area is 165 Å². The van der Waals surface area contributed by atoms with Gasteiger partial charge in [0.25, 0.3) is 5.91 Å². The summed E-state index contributed by atoms with van der Waals surface area (Å²) in [5.74, 6) is 0.532. The molecule has 5 nitrogen and oxygen atoms in total. The number of sulfonamides is 1. The highest BCUT2D eigenvalue weighted by Gasteiger charge is 2.31. The molecule has 27 heavy (non-hydrogen) atoms. The molecule has 0 spiro atoms. The molecule has 7 heteroatoms. The molecule has 1 amide bonds. The van der Waals surface area contributed by atoms with Crippen LogP contribution in [-0.2, 0) is 16.4 Å². The average Bonchev–Trinajstić information content (AvgIpc) is 3.14. The number of piperidine rings is 1. The Balaban J connectivity index is 1.62. The van der Waals surface area contributed by atoms with Crippen molar-refractivity contribution in [1.82, 2.24) is 9.62 Å². The third-order valence-corrected chi connectivity index (χ3v) is 7.61. The van der Waals surface area contributed by atoms with Crippen LogP contribution in [0.3, 0.4) is 0 Å². The van der Waals surface area contributed by atoms with E-state index in [2.05, 4.69) is 19.2 Å². The third-order valence-electron chi connectivity index (χ3n) is 4.83. The quantitative estimate of drug-likeness (QED) is 0.800. The molecule has 0 saturated carbocycles. The number of hydrogen-bond donors (Lipinski definition) is 1. The number of carbonyl (C=O) groups excluding carboxylic acids is 1. The Morgan fingerprint density at radius 2 is 1.81 bits per heavy atom. The fourth-order valence-corrected chi connectivity index (χ4v) is 5.97. The van der Waals surface area contributed by atoms with E-state index in [-0.39, 0.29) is 10.8 Å². The molecule has 0 aliphatic carbocycles. The van der Waals surface area contributed by atoms with Gasteiger partial charge < -0.3 is 5.32 Å². The maximum atomic E-state index is 12.9. The van der Waals surface area contributed by atoms with Gasteiger partial charge in [-0.25, -0.2) is 8.42 Å². The van der Waals surface area contributed by atoms with Gasteiger partial charge in [-0.05, 0) is 60.4 Å². The number of amides is 1. The van der Waals surface area contributed by atoms with Crippen molar-refractivity contribution in [2.24, 2.45) is 11.8 Å². The largest absolute Gasteiger partial charge is 0.352 e. The predicted molar refractivity (Wildman–Crippen MR) is 109 cm³/mol. The topological polar surface area (TPSA) is 66.5 Å². The minimum atomic E-state index is -3.51. The molecular formula is C20H26N2O3S2. The molecule has 0 radical (unpaired) electrons. The number of hydrogen-bond acceptors (Lipinski definition) is 4. The normalized spacial score (nSPS) is 21.1. The lowest BCUT2D eigenvalue weighted by atomic mass is 9.94. The van der Waals surface area contributed by atoms with Crippen LogP contribution in [-0.4, -0.2) is 38.3 Å². The van der Waals surface area contributed by atoms with Gasteiger partial charge >= 0.3 is 0 Å². The number of benzene rings is 1. The van der Waals surface area contributed by atoms with Crippen molar-refractivity contribution in [3.05, 3.63) is 52.2 Å². The zero-order valence-electron chi connectivity index (χ0n) is 15.7. The molecular weight excluding hydrogens is 380 g/mol. The van der Waals surface area contributed by atoms with Crippen molar-refractivity contribution < 1.29 is 13.2 Å². The van der Waals surface area contributed by atoms with Crippen LogP contribution < -0.4 is 5.32 Å². The minimum absolute atomic E-state index is 0.185. The molecule has 1 aromatic carbocycles. The molecule has 1 aliphatic rings. The number of nitrogens with one attached hydrogen (secondary N) is 1. The fourth-order valence-electron chi connectivity index (χ4n) is 3.59. The molecule has 1 saturated heterocycles. The van der Waals surface area contributed by atoms with Crippen LogP contribution in [0.5, 0.6) is 0 Å². The van der Waals surface area contributed by atoms with Crippen LogP contribution in [0, 0.1) is 11.8 Å². The highest BCUT2D eigenvalue weighted by atomic mass is 32.2. The van der Waals surface area contributed by atoms with Crippen LogP contribution in [0.1, 0.15) is 35.5 Å². The van der Waals surface area contributed by atoms with Crippen molar-refractivity contribution >= 4 is 27.3 Å². The minimum Gasteiger partial charge on any atom is -0.352 e. The first kappa shape index (κ1) is 20.0.